The van der Waals surface area contributed by atoms with Gasteiger partial charge in [0.1, 0.15) is 5.76 Å². The van der Waals surface area contributed by atoms with E-state index in [0.29, 0.717) is 15.8 Å². The van der Waals surface area contributed by atoms with Crippen LogP contribution in [0.1, 0.15) is 18.2 Å². The van der Waals surface area contributed by atoms with Crippen molar-refractivity contribution >= 4 is 40.5 Å². The number of rotatable bonds is 4. The fraction of sp³-hybridized carbons (Fsp3) is 0.222. The Bertz CT molecular complexity index is 804. The molecule has 1 saturated heterocycles. The Hall–Kier alpha value is -2.47. The number of nitrogens with zero attached hydrogens (tertiary/aromatic N) is 2. The van der Waals surface area contributed by atoms with Gasteiger partial charge in [0, 0.05) is 26.2 Å². The fourth-order valence-corrected chi connectivity index (χ4v) is 3.02. The first-order valence-corrected chi connectivity index (χ1v) is 8.52. The van der Waals surface area contributed by atoms with Crippen LogP contribution in [0.2, 0.25) is 0 Å². The topological polar surface area (TPSA) is 57.8 Å². The zero-order valence-electron chi connectivity index (χ0n) is 13.9. The summed E-state index contributed by atoms with van der Waals surface area (Å²) in [5, 5.41) is 3.36. The molecule has 24 heavy (non-hydrogen) atoms. The molecule has 1 amide bonds. The quantitative estimate of drug-likeness (QED) is 0.860. The van der Waals surface area contributed by atoms with Crippen LogP contribution in [-0.2, 0) is 11.2 Å². The summed E-state index contributed by atoms with van der Waals surface area (Å²) in [6.07, 6.45) is 2.73. The SMILES string of the molecule is CCc1ccc(N=C2NC(=O)/C(=C\c3ccc(N(C)C)o3)S2)cc1. The zero-order valence-corrected chi connectivity index (χ0v) is 14.7. The minimum Gasteiger partial charge on any atom is -0.441 e. The summed E-state index contributed by atoms with van der Waals surface area (Å²) in [5.74, 6) is 1.23. The molecule has 1 N–H and O–H groups in total. The number of nitrogens with one attached hydrogen (secondary N) is 1. The third kappa shape index (κ3) is 3.71. The van der Waals surface area contributed by atoms with E-state index in [1.165, 1.54) is 17.3 Å². The van der Waals surface area contributed by atoms with Gasteiger partial charge in [-0.15, -0.1) is 0 Å². The molecule has 1 aliphatic heterocycles. The number of aliphatic imine (C=N–C) groups is 1. The van der Waals surface area contributed by atoms with Crippen LogP contribution < -0.4 is 10.2 Å². The van der Waals surface area contributed by atoms with Crippen LogP contribution in [0, 0.1) is 0 Å². The molecule has 0 spiro atoms. The highest BCUT2D eigenvalue weighted by Crippen LogP contribution is 2.29. The average molecular weight is 341 g/mol. The maximum atomic E-state index is 12.1. The minimum atomic E-state index is -0.160. The highest BCUT2D eigenvalue weighted by atomic mass is 32.2. The van der Waals surface area contributed by atoms with Crippen molar-refractivity contribution in [2.24, 2.45) is 4.99 Å². The monoisotopic (exact) mass is 341 g/mol. The number of amides is 1. The van der Waals surface area contributed by atoms with E-state index >= 15 is 0 Å². The summed E-state index contributed by atoms with van der Waals surface area (Å²) in [6.45, 7) is 2.11. The number of carbonyl (C=O) groups is 1. The lowest BCUT2D eigenvalue weighted by molar-refractivity contribution is -0.115. The fourth-order valence-electron chi connectivity index (χ4n) is 2.19. The van der Waals surface area contributed by atoms with Gasteiger partial charge in [0.15, 0.2) is 11.1 Å². The molecule has 1 aromatic carbocycles. The van der Waals surface area contributed by atoms with Gasteiger partial charge in [-0.3, -0.25) is 4.79 Å². The van der Waals surface area contributed by atoms with Crippen molar-refractivity contribution in [1.29, 1.82) is 0 Å². The van der Waals surface area contributed by atoms with Crippen molar-refractivity contribution in [3.8, 4) is 0 Å². The highest BCUT2D eigenvalue weighted by Gasteiger charge is 2.24. The Balaban J connectivity index is 1.76. The van der Waals surface area contributed by atoms with Crippen molar-refractivity contribution in [2.75, 3.05) is 19.0 Å². The zero-order chi connectivity index (χ0) is 17.1. The van der Waals surface area contributed by atoms with Crippen molar-refractivity contribution in [2.45, 2.75) is 13.3 Å². The van der Waals surface area contributed by atoms with Crippen LogP contribution in [0.5, 0.6) is 0 Å². The maximum absolute atomic E-state index is 12.1. The van der Waals surface area contributed by atoms with E-state index in [-0.39, 0.29) is 5.91 Å². The summed E-state index contributed by atoms with van der Waals surface area (Å²) in [6, 6.07) is 11.7. The number of thioether (sulfide) groups is 1. The van der Waals surface area contributed by atoms with Crippen LogP contribution in [-0.4, -0.2) is 25.2 Å². The number of hydrogen-bond acceptors (Lipinski definition) is 5. The molecule has 2 aromatic rings. The van der Waals surface area contributed by atoms with Gasteiger partial charge in [0.2, 0.25) is 0 Å². The van der Waals surface area contributed by atoms with E-state index in [2.05, 4.69) is 17.2 Å². The molecule has 2 heterocycles. The van der Waals surface area contributed by atoms with Gasteiger partial charge < -0.3 is 14.6 Å². The smallest absolute Gasteiger partial charge is 0.264 e. The van der Waals surface area contributed by atoms with Crippen molar-refractivity contribution in [3.63, 3.8) is 0 Å². The maximum Gasteiger partial charge on any atom is 0.264 e. The first kappa shape index (κ1) is 16.4. The molecule has 0 aliphatic carbocycles. The molecule has 1 fully saturated rings. The van der Waals surface area contributed by atoms with Crippen LogP contribution in [0.3, 0.4) is 0 Å². The van der Waals surface area contributed by atoms with Crippen molar-refractivity contribution in [3.05, 3.63) is 52.6 Å². The van der Waals surface area contributed by atoms with Gasteiger partial charge in [-0.05, 0) is 41.9 Å². The van der Waals surface area contributed by atoms with Crippen molar-refractivity contribution in [1.82, 2.24) is 5.32 Å². The molecule has 0 bridgehead atoms. The molecule has 0 saturated carbocycles. The molecule has 3 rings (SSSR count). The first-order valence-electron chi connectivity index (χ1n) is 7.71. The standard InChI is InChI=1S/C18H19N3O2S/c1-4-12-5-7-13(8-6-12)19-18-20-17(22)15(24-18)11-14-9-10-16(23-14)21(2)3/h5-11H,4H2,1-3H3,(H,19,20,22)/b15-11+. The average Bonchev–Trinajstić information content (AvgIpc) is 3.16. The lowest BCUT2D eigenvalue weighted by Gasteiger charge is -2.05. The Morgan fingerprint density at radius 1 is 1.21 bits per heavy atom. The van der Waals surface area contributed by atoms with Gasteiger partial charge in [-0.25, -0.2) is 4.99 Å². The summed E-state index contributed by atoms with van der Waals surface area (Å²) in [5.41, 5.74) is 2.08. The van der Waals surface area contributed by atoms with Gasteiger partial charge in [-0.1, -0.05) is 19.1 Å². The van der Waals surface area contributed by atoms with Crippen molar-refractivity contribution < 1.29 is 9.21 Å². The van der Waals surface area contributed by atoms with E-state index in [0.717, 1.165) is 18.0 Å². The third-order valence-electron chi connectivity index (χ3n) is 3.55. The number of aryl methyl sites for hydroxylation is 1. The van der Waals surface area contributed by atoms with Gasteiger partial charge in [0.05, 0.1) is 10.6 Å². The molecule has 0 unspecified atom stereocenters. The van der Waals surface area contributed by atoms with Crippen LogP contribution in [0.25, 0.3) is 6.08 Å². The predicted octanol–water partition coefficient (Wildman–Crippen LogP) is 3.80. The second-order valence-electron chi connectivity index (χ2n) is 5.57. The highest BCUT2D eigenvalue weighted by molar-refractivity contribution is 8.18. The van der Waals surface area contributed by atoms with Crippen LogP contribution >= 0.6 is 11.8 Å². The third-order valence-corrected chi connectivity index (χ3v) is 4.46. The Kier molecular flexibility index (Phi) is 4.76. The lowest BCUT2D eigenvalue weighted by atomic mass is 10.2. The Morgan fingerprint density at radius 2 is 1.96 bits per heavy atom. The Morgan fingerprint density at radius 3 is 2.58 bits per heavy atom. The molecule has 0 radical (unpaired) electrons. The molecule has 0 atom stereocenters. The molecule has 5 nitrogen and oxygen atoms in total. The number of amidine groups is 1. The molecule has 6 heteroatoms. The van der Waals surface area contributed by atoms with E-state index in [4.69, 9.17) is 4.42 Å². The van der Waals surface area contributed by atoms with E-state index in [9.17, 15) is 4.79 Å². The second-order valence-corrected chi connectivity index (χ2v) is 6.60. The van der Waals surface area contributed by atoms with Crippen LogP contribution in [0.4, 0.5) is 11.6 Å². The van der Waals surface area contributed by atoms with Gasteiger partial charge >= 0.3 is 0 Å². The Labute approximate surface area is 145 Å². The number of hydrogen-bond donors (Lipinski definition) is 1. The molecule has 124 valence electrons. The molecular weight excluding hydrogens is 322 g/mol. The number of benzene rings is 1. The molecule has 1 aromatic heterocycles. The predicted molar refractivity (Wildman–Crippen MR) is 99.7 cm³/mol. The molecular formula is C18H19N3O2S. The molecule has 1 aliphatic rings. The lowest BCUT2D eigenvalue weighted by Crippen LogP contribution is -2.19. The summed E-state index contributed by atoms with van der Waals surface area (Å²) < 4.78 is 5.65. The van der Waals surface area contributed by atoms with E-state index in [1.807, 2.05) is 55.4 Å². The normalized spacial score (nSPS) is 17.5. The number of furan rings is 1. The minimum absolute atomic E-state index is 0.160. The second kappa shape index (κ2) is 6.97. The first-order chi connectivity index (χ1) is 11.5. The van der Waals surface area contributed by atoms with Gasteiger partial charge in [0.25, 0.3) is 5.91 Å². The number of anilines is 1. The van der Waals surface area contributed by atoms with E-state index < -0.39 is 0 Å². The number of carbonyl (C=O) groups excluding carboxylic acids is 1. The van der Waals surface area contributed by atoms with Gasteiger partial charge in [-0.2, -0.15) is 0 Å². The summed E-state index contributed by atoms with van der Waals surface area (Å²) in [7, 11) is 3.81. The largest absolute Gasteiger partial charge is 0.441 e. The summed E-state index contributed by atoms with van der Waals surface area (Å²) >= 11 is 1.31. The summed E-state index contributed by atoms with van der Waals surface area (Å²) in [4.78, 5) is 19.0. The van der Waals surface area contributed by atoms with Crippen LogP contribution in [0.15, 0.2) is 50.7 Å². The van der Waals surface area contributed by atoms with E-state index in [1.54, 1.807) is 6.08 Å².